The molecule has 4 rings (SSSR count). The SMILES string of the molecule is CCn1cc(CN2Cc3ccnn3CC(CN3CCCCC3)C2)cn1.O=C(O)C(F)(F)F.O=C(O)C(F)(F)F. The Bertz CT molecular complexity index is 1020. The number of alkyl halides is 6. The summed E-state index contributed by atoms with van der Waals surface area (Å²) in [5.41, 5.74) is 2.65. The molecule has 1 atom stereocenters. The molecule has 0 aliphatic carbocycles. The van der Waals surface area contributed by atoms with Gasteiger partial charge in [0.05, 0.1) is 11.9 Å². The number of hydrogen-bond acceptors (Lipinski definition) is 6. The molecule has 2 N–H and O–H groups in total. The van der Waals surface area contributed by atoms with Gasteiger partial charge in [-0.25, -0.2) is 9.59 Å². The molecule has 16 heteroatoms. The lowest BCUT2D eigenvalue weighted by Crippen LogP contribution is -2.39. The van der Waals surface area contributed by atoms with E-state index in [9.17, 15) is 26.3 Å². The third-order valence-corrected chi connectivity index (χ3v) is 6.00. The van der Waals surface area contributed by atoms with E-state index in [1.807, 2.05) is 17.1 Å². The van der Waals surface area contributed by atoms with Crippen LogP contribution >= 0.6 is 0 Å². The smallest absolute Gasteiger partial charge is 0.475 e. The van der Waals surface area contributed by atoms with Crippen LogP contribution in [0.15, 0.2) is 24.7 Å². The first-order valence-electron chi connectivity index (χ1n) is 12.3. The van der Waals surface area contributed by atoms with Crippen LogP contribution in [0.2, 0.25) is 0 Å². The van der Waals surface area contributed by atoms with Gasteiger partial charge in [-0.1, -0.05) is 6.42 Å². The molecule has 4 heterocycles. The van der Waals surface area contributed by atoms with E-state index in [2.05, 4.69) is 43.9 Å². The van der Waals surface area contributed by atoms with Gasteiger partial charge in [0, 0.05) is 63.1 Å². The van der Waals surface area contributed by atoms with Crippen molar-refractivity contribution in [3.05, 3.63) is 35.9 Å². The van der Waals surface area contributed by atoms with Crippen LogP contribution in [0.1, 0.15) is 37.4 Å². The Kier molecular flexibility index (Phi) is 11.8. The van der Waals surface area contributed by atoms with Crippen molar-refractivity contribution in [2.24, 2.45) is 5.92 Å². The Morgan fingerprint density at radius 1 is 0.949 bits per heavy atom. The predicted octanol–water partition coefficient (Wildman–Crippen LogP) is 3.48. The van der Waals surface area contributed by atoms with Crippen molar-refractivity contribution in [2.75, 3.05) is 26.2 Å². The minimum atomic E-state index is -5.08. The van der Waals surface area contributed by atoms with E-state index in [4.69, 9.17) is 19.8 Å². The average molecular weight is 571 g/mol. The van der Waals surface area contributed by atoms with Gasteiger partial charge >= 0.3 is 24.3 Å². The maximum Gasteiger partial charge on any atom is 0.490 e. The third-order valence-electron chi connectivity index (χ3n) is 6.00. The van der Waals surface area contributed by atoms with Gasteiger partial charge in [0.1, 0.15) is 0 Å². The zero-order valence-electron chi connectivity index (χ0n) is 21.3. The Morgan fingerprint density at radius 2 is 1.54 bits per heavy atom. The summed E-state index contributed by atoms with van der Waals surface area (Å²) in [6, 6.07) is 2.17. The number of carboxylic acids is 2. The molecule has 0 spiro atoms. The summed E-state index contributed by atoms with van der Waals surface area (Å²) in [4.78, 5) is 23.0. The summed E-state index contributed by atoms with van der Waals surface area (Å²) in [5, 5.41) is 23.3. The molecule has 0 aromatic carbocycles. The zero-order valence-corrected chi connectivity index (χ0v) is 21.3. The first-order valence-corrected chi connectivity index (χ1v) is 12.3. The van der Waals surface area contributed by atoms with E-state index < -0.39 is 24.3 Å². The fourth-order valence-corrected chi connectivity index (χ4v) is 4.28. The standard InChI is InChI=1S/C19H30N6.2C2HF3O2/c1-2-24-14-17(10-21-24)11-23-13-18(12-22-8-4-3-5-9-22)15-25-19(16-23)6-7-20-25;2*3-2(4,5)1(6)7/h6-7,10,14,18H,2-5,8-9,11-13,15-16H2,1H3;2*(H,6,7). The first-order chi connectivity index (χ1) is 18.2. The van der Waals surface area contributed by atoms with Crippen LogP contribution in [0, 0.1) is 5.92 Å². The van der Waals surface area contributed by atoms with Crippen molar-refractivity contribution < 1.29 is 46.1 Å². The van der Waals surface area contributed by atoms with Gasteiger partial charge in [-0.3, -0.25) is 14.3 Å². The van der Waals surface area contributed by atoms with Gasteiger partial charge in [-0.05, 0) is 38.9 Å². The molecule has 0 amide bonds. The summed E-state index contributed by atoms with van der Waals surface area (Å²) in [5.74, 6) is -4.87. The van der Waals surface area contributed by atoms with Crippen LogP contribution in [0.25, 0.3) is 0 Å². The molecular formula is C23H32F6N6O4. The van der Waals surface area contributed by atoms with E-state index in [1.165, 1.54) is 50.2 Å². The number of fused-ring (bicyclic) bond motifs is 1. The number of rotatable bonds is 5. The summed E-state index contributed by atoms with van der Waals surface area (Å²) >= 11 is 0. The van der Waals surface area contributed by atoms with Crippen LogP contribution in [0.4, 0.5) is 26.3 Å². The Morgan fingerprint density at radius 3 is 2.05 bits per heavy atom. The van der Waals surface area contributed by atoms with Gasteiger partial charge < -0.3 is 15.1 Å². The normalized spacial score (nSPS) is 18.6. The van der Waals surface area contributed by atoms with Crippen molar-refractivity contribution >= 4 is 11.9 Å². The van der Waals surface area contributed by atoms with Crippen molar-refractivity contribution in [3.63, 3.8) is 0 Å². The Balaban J connectivity index is 0.000000317. The summed E-state index contributed by atoms with van der Waals surface area (Å²) in [7, 11) is 0. The first kappa shape index (κ1) is 32.1. The molecule has 1 unspecified atom stereocenters. The Hall–Kier alpha value is -3.14. The molecule has 2 aromatic heterocycles. The molecule has 1 fully saturated rings. The number of hydrogen-bond donors (Lipinski definition) is 2. The fourth-order valence-electron chi connectivity index (χ4n) is 4.28. The van der Waals surface area contributed by atoms with Crippen molar-refractivity contribution in [1.29, 1.82) is 0 Å². The fraction of sp³-hybridized carbons (Fsp3) is 0.652. The van der Waals surface area contributed by atoms with Crippen LogP contribution in [-0.2, 0) is 35.8 Å². The number of nitrogens with zero attached hydrogens (tertiary/aromatic N) is 6. The van der Waals surface area contributed by atoms with Crippen molar-refractivity contribution in [2.45, 2.75) is 64.7 Å². The Labute approximate surface area is 220 Å². The van der Waals surface area contributed by atoms with Crippen LogP contribution in [0.5, 0.6) is 0 Å². The minimum absolute atomic E-state index is 0.639. The predicted molar refractivity (Wildman–Crippen MR) is 125 cm³/mol. The van der Waals surface area contributed by atoms with E-state index in [0.717, 1.165) is 32.7 Å². The van der Waals surface area contributed by atoms with Gasteiger partial charge in [-0.2, -0.15) is 36.5 Å². The molecular weight excluding hydrogens is 538 g/mol. The average Bonchev–Trinajstić information content (AvgIpc) is 3.45. The number of aliphatic carboxylic acids is 2. The highest BCUT2D eigenvalue weighted by Crippen LogP contribution is 2.20. The number of carboxylic acid groups (broad SMARTS) is 2. The van der Waals surface area contributed by atoms with E-state index >= 15 is 0 Å². The highest BCUT2D eigenvalue weighted by atomic mass is 19.4. The molecule has 10 nitrogen and oxygen atoms in total. The van der Waals surface area contributed by atoms with Gasteiger partial charge in [0.25, 0.3) is 0 Å². The lowest BCUT2D eigenvalue weighted by atomic mass is 10.1. The topological polar surface area (TPSA) is 117 Å². The maximum atomic E-state index is 10.6. The molecule has 39 heavy (non-hydrogen) atoms. The number of carbonyl (C=O) groups is 2. The third kappa shape index (κ3) is 11.2. The van der Waals surface area contributed by atoms with Gasteiger partial charge in [0.2, 0.25) is 0 Å². The summed E-state index contributed by atoms with van der Waals surface area (Å²) < 4.78 is 67.7. The number of piperidine rings is 1. The molecule has 1 saturated heterocycles. The largest absolute Gasteiger partial charge is 0.490 e. The van der Waals surface area contributed by atoms with Crippen LogP contribution < -0.4 is 0 Å². The number of halogens is 6. The minimum Gasteiger partial charge on any atom is -0.475 e. The van der Waals surface area contributed by atoms with Crippen molar-refractivity contribution in [1.82, 2.24) is 29.4 Å². The van der Waals surface area contributed by atoms with E-state index in [0.29, 0.717) is 5.92 Å². The summed E-state index contributed by atoms with van der Waals surface area (Å²) in [6.45, 7) is 10.9. The molecule has 2 aliphatic heterocycles. The molecule has 220 valence electrons. The van der Waals surface area contributed by atoms with Crippen LogP contribution in [-0.4, -0.2) is 90.0 Å². The second kappa shape index (κ2) is 14.3. The molecule has 2 aromatic rings. The molecule has 0 radical (unpaired) electrons. The molecule has 0 saturated carbocycles. The highest BCUT2D eigenvalue weighted by molar-refractivity contribution is 5.73. The number of likely N-dealkylation sites (tertiary alicyclic amines) is 1. The quantitative estimate of drug-likeness (QED) is 0.525. The van der Waals surface area contributed by atoms with Crippen LogP contribution in [0.3, 0.4) is 0 Å². The zero-order chi connectivity index (χ0) is 29.2. The second-order valence-electron chi connectivity index (χ2n) is 9.21. The molecule has 0 bridgehead atoms. The van der Waals surface area contributed by atoms with Crippen molar-refractivity contribution in [3.8, 4) is 0 Å². The number of aryl methyl sites for hydroxylation is 1. The van der Waals surface area contributed by atoms with Gasteiger partial charge in [-0.15, -0.1) is 0 Å². The highest BCUT2D eigenvalue weighted by Gasteiger charge is 2.38. The lowest BCUT2D eigenvalue weighted by Gasteiger charge is -2.31. The summed E-state index contributed by atoms with van der Waals surface area (Å²) in [6.07, 6.45) is 0.108. The number of aromatic nitrogens is 4. The van der Waals surface area contributed by atoms with E-state index in [-0.39, 0.29) is 0 Å². The lowest BCUT2D eigenvalue weighted by molar-refractivity contribution is -0.193. The van der Waals surface area contributed by atoms with Gasteiger partial charge in [0.15, 0.2) is 0 Å². The van der Waals surface area contributed by atoms with E-state index in [1.54, 1.807) is 0 Å². The monoisotopic (exact) mass is 570 g/mol. The maximum absolute atomic E-state index is 10.6. The second-order valence-corrected chi connectivity index (χ2v) is 9.21. The molecule has 2 aliphatic rings.